The van der Waals surface area contributed by atoms with Gasteiger partial charge in [-0.05, 0) is 42.7 Å². The predicted molar refractivity (Wildman–Crippen MR) is 109 cm³/mol. The minimum Gasteiger partial charge on any atom is -0.457 e. The second-order valence-corrected chi connectivity index (χ2v) is 8.02. The van der Waals surface area contributed by atoms with Gasteiger partial charge in [0.25, 0.3) is 11.6 Å². The van der Waals surface area contributed by atoms with Crippen LogP contribution in [0.3, 0.4) is 0 Å². The van der Waals surface area contributed by atoms with Gasteiger partial charge in [-0.3, -0.25) is 14.9 Å². The van der Waals surface area contributed by atoms with Crippen LogP contribution in [0, 0.1) is 16.0 Å². The molecule has 1 saturated heterocycles. The highest BCUT2D eigenvalue weighted by molar-refractivity contribution is 8.18. The quantitative estimate of drug-likeness (QED) is 0.429. The van der Waals surface area contributed by atoms with Crippen LogP contribution in [0.1, 0.15) is 25.5 Å². The number of thioether (sulfide) groups is 1. The van der Waals surface area contributed by atoms with Gasteiger partial charge in [0.1, 0.15) is 11.5 Å². The maximum absolute atomic E-state index is 12.3. The van der Waals surface area contributed by atoms with E-state index in [0.29, 0.717) is 27.9 Å². The fourth-order valence-electron chi connectivity index (χ4n) is 3.38. The standard InChI is InChI=1S/C20H19N3O4S/c1-13-4-3-9-22(12-13)20-21-19(24)18(28-20)11-16-7-8-17(27-16)14-5-2-6-15(10-14)23(25)26/h2,5-8,10-11,13H,3-4,9,12H2,1H3/b18-11+. The molecule has 0 aliphatic carbocycles. The van der Waals surface area contributed by atoms with Crippen molar-refractivity contribution in [2.45, 2.75) is 19.8 Å². The number of carbonyl (C=O) groups is 1. The summed E-state index contributed by atoms with van der Waals surface area (Å²) in [5, 5.41) is 11.7. The van der Waals surface area contributed by atoms with E-state index in [0.717, 1.165) is 24.7 Å². The van der Waals surface area contributed by atoms with Gasteiger partial charge in [0.2, 0.25) is 0 Å². The van der Waals surface area contributed by atoms with E-state index < -0.39 is 4.92 Å². The summed E-state index contributed by atoms with van der Waals surface area (Å²) in [7, 11) is 0. The molecule has 1 atom stereocenters. The van der Waals surface area contributed by atoms with Crippen molar-refractivity contribution in [1.29, 1.82) is 0 Å². The highest BCUT2D eigenvalue weighted by atomic mass is 32.2. The second-order valence-electron chi connectivity index (χ2n) is 7.01. The maximum Gasteiger partial charge on any atom is 0.286 e. The Morgan fingerprint density at radius 3 is 3.00 bits per heavy atom. The minimum atomic E-state index is -0.441. The number of aliphatic imine (C=N–C) groups is 1. The van der Waals surface area contributed by atoms with E-state index >= 15 is 0 Å². The Bertz CT molecular complexity index is 995. The Morgan fingerprint density at radius 2 is 2.21 bits per heavy atom. The van der Waals surface area contributed by atoms with Crippen molar-refractivity contribution in [2.75, 3.05) is 13.1 Å². The van der Waals surface area contributed by atoms with E-state index in [1.165, 1.54) is 30.3 Å². The first-order valence-corrected chi connectivity index (χ1v) is 9.93. The van der Waals surface area contributed by atoms with E-state index in [-0.39, 0.29) is 11.6 Å². The fraction of sp³-hybridized carbons (Fsp3) is 0.300. The van der Waals surface area contributed by atoms with E-state index in [4.69, 9.17) is 4.42 Å². The lowest BCUT2D eigenvalue weighted by molar-refractivity contribution is -0.384. The summed E-state index contributed by atoms with van der Waals surface area (Å²) in [4.78, 5) is 29.7. The van der Waals surface area contributed by atoms with Gasteiger partial charge in [-0.1, -0.05) is 19.1 Å². The number of amides is 1. The normalized spacial score (nSPS) is 21.2. The number of hydrogen-bond donors (Lipinski definition) is 0. The van der Waals surface area contributed by atoms with Gasteiger partial charge in [0.15, 0.2) is 5.17 Å². The van der Waals surface area contributed by atoms with Crippen molar-refractivity contribution in [2.24, 2.45) is 10.9 Å². The van der Waals surface area contributed by atoms with Crippen LogP contribution in [0.15, 0.2) is 50.7 Å². The first-order chi connectivity index (χ1) is 13.5. The van der Waals surface area contributed by atoms with E-state index in [1.54, 1.807) is 30.3 Å². The van der Waals surface area contributed by atoms with Crippen LogP contribution in [-0.2, 0) is 4.79 Å². The fourth-order valence-corrected chi connectivity index (χ4v) is 4.31. The molecular weight excluding hydrogens is 378 g/mol. The van der Waals surface area contributed by atoms with E-state index in [2.05, 4.69) is 16.8 Å². The van der Waals surface area contributed by atoms with Crippen LogP contribution in [0.5, 0.6) is 0 Å². The Morgan fingerprint density at radius 1 is 1.36 bits per heavy atom. The summed E-state index contributed by atoms with van der Waals surface area (Å²) < 4.78 is 5.78. The summed E-state index contributed by atoms with van der Waals surface area (Å²) in [6, 6.07) is 9.74. The summed E-state index contributed by atoms with van der Waals surface area (Å²) in [5.41, 5.74) is 0.618. The molecule has 1 unspecified atom stereocenters. The SMILES string of the molecule is CC1CCCN(C2=NC(=O)/C(=C\c3ccc(-c4cccc([N+](=O)[O-])c4)o3)S2)C1. The maximum atomic E-state index is 12.3. The molecule has 28 heavy (non-hydrogen) atoms. The number of nitro benzene ring substituents is 1. The van der Waals surface area contributed by atoms with Crippen molar-refractivity contribution < 1.29 is 14.1 Å². The van der Waals surface area contributed by atoms with Gasteiger partial charge in [0, 0.05) is 36.9 Å². The molecule has 144 valence electrons. The molecule has 8 heteroatoms. The predicted octanol–water partition coefficient (Wildman–Crippen LogP) is 4.56. The lowest BCUT2D eigenvalue weighted by Crippen LogP contribution is -2.37. The number of non-ortho nitro benzene ring substituents is 1. The minimum absolute atomic E-state index is 0.00383. The number of carbonyl (C=O) groups excluding carboxylic acids is 1. The summed E-state index contributed by atoms with van der Waals surface area (Å²) in [6.07, 6.45) is 3.99. The molecule has 0 N–H and O–H groups in total. The molecule has 2 aromatic rings. The molecule has 1 aromatic carbocycles. The van der Waals surface area contributed by atoms with Gasteiger partial charge in [0.05, 0.1) is 9.83 Å². The monoisotopic (exact) mass is 397 g/mol. The molecule has 1 fully saturated rings. The number of furan rings is 1. The topological polar surface area (TPSA) is 89.0 Å². The Labute approximate surface area is 166 Å². The molecular formula is C20H19N3O4S. The van der Waals surface area contributed by atoms with Crippen LogP contribution < -0.4 is 0 Å². The molecule has 2 aliphatic heterocycles. The number of benzene rings is 1. The van der Waals surface area contributed by atoms with Gasteiger partial charge >= 0.3 is 0 Å². The molecule has 4 rings (SSSR count). The first-order valence-electron chi connectivity index (χ1n) is 9.12. The third kappa shape index (κ3) is 3.87. The molecule has 1 aromatic heterocycles. The number of hydrogen-bond acceptors (Lipinski definition) is 6. The number of nitrogens with zero attached hydrogens (tertiary/aromatic N) is 3. The van der Waals surface area contributed by atoms with Crippen molar-refractivity contribution >= 4 is 34.6 Å². The van der Waals surface area contributed by atoms with Crippen LogP contribution >= 0.6 is 11.8 Å². The third-order valence-corrected chi connectivity index (χ3v) is 5.82. The Hall–Kier alpha value is -2.87. The molecule has 2 aliphatic rings. The largest absolute Gasteiger partial charge is 0.457 e. The molecule has 3 heterocycles. The van der Waals surface area contributed by atoms with Crippen molar-refractivity contribution in [3.05, 3.63) is 57.2 Å². The van der Waals surface area contributed by atoms with Crippen molar-refractivity contribution in [3.8, 4) is 11.3 Å². The smallest absolute Gasteiger partial charge is 0.286 e. The van der Waals surface area contributed by atoms with Crippen molar-refractivity contribution in [1.82, 2.24) is 4.90 Å². The Balaban J connectivity index is 1.51. The van der Waals surface area contributed by atoms with Crippen LogP contribution in [0.25, 0.3) is 17.4 Å². The molecule has 0 saturated carbocycles. The lowest BCUT2D eigenvalue weighted by Gasteiger charge is -2.31. The van der Waals surface area contributed by atoms with Crippen molar-refractivity contribution in [3.63, 3.8) is 0 Å². The number of piperidine rings is 1. The van der Waals surface area contributed by atoms with Crippen LogP contribution in [0.2, 0.25) is 0 Å². The van der Waals surface area contributed by atoms with E-state index in [1.807, 2.05) is 0 Å². The molecule has 0 bridgehead atoms. The zero-order valence-corrected chi connectivity index (χ0v) is 16.1. The zero-order valence-electron chi connectivity index (χ0n) is 15.3. The molecule has 1 amide bonds. The Kier molecular flexibility index (Phi) is 5.04. The van der Waals surface area contributed by atoms with Gasteiger partial charge in [-0.2, -0.15) is 4.99 Å². The number of likely N-dealkylation sites (tertiary alicyclic amines) is 1. The summed E-state index contributed by atoms with van der Waals surface area (Å²) >= 11 is 1.37. The van der Waals surface area contributed by atoms with Gasteiger partial charge < -0.3 is 9.32 Å². The van der Waals surface area contributed by atoms with Crippen LogP contribution in [0.4, 0.5) is 5.69 Å². The highest BCUT2D eigenvalue weighted by Crippen LogP contribution is 2.33. The highest BCUT2D eigenvalue weighted by Gasteiger charge is 2.28. The zero-order chi connectivity index (χ0) is 19.7. The average Bonchev–Trinajstić information content (AvgIpc) is 3.29. The first kappa shape index (κ1) is 18.5. The number of amidine groups is 1. The summed E-state index contributed by atoms with van der Waals surface area (Å²) in [5.74, 6) is 1.37. The van der Waals surface area contributed by atoms with Gasteiger partial charge in [-0.25, -0.2) is 0 Å². The summed E-state index contributed by atoms with van der Waals surface area (Å²) in [6.45, 7) is 4.06. The third-order valence-electron chi connectivity index (χ3n) is 4.78. The second kappa shape index (κ2) is 7.63. The number of rotatable bonds is 3. The lowest BCUT2D eigenvalue weighted by atomic mass is 10.0. The molecule has 0 radical (unpaired) electrons. The van der Waals surface area contributed by atoms with Gasteiger partial charge in [-0.15, -0.1) is 0 Å². The molecule has 0 spiro atoms. The van der Waals surface area contributed by atoms with E-state index in [9.17, 15) is 14.9 Å². The van der Waals surface area contributed by atoms with Crippen LogP contribution in [-0.4, -0.2) is 34.0 Å². The molecule has 7 nitrogen and oxygen atoms in total. The number of nitro groups is 1. The average molecular weight is 397 g/mol.